The summed E-state index contributed by atoms with van der Waals surface area (Å²) in [5, 5.41) is 0.647. The lowest BCUT2D eigenvalue weighted by atomic mass is 10.2. The van der Waals surface area contributed by atoms with Crippen molar-refractivity contribution in [2.24, 2.45) is 0 Å². The van der Waals surface area contributed by atoms with Gasteiger partial charge in [0.15, 0.2) is 0 Å². The molecule has 0 atom stereocenters. The summed E-state index contributed by atoms with van der Waals surface area (Å²) in [4.78, 5) is 13.4. The highest BCUT2D eigenvalue weighted by atomic mass is 35.5. The standard InChI is InChI=1S/C15H16ClNO2S/c1-15(2,3)19-14(18)13-11(17)8-12(20-13)9-5-4-6-10(16)7-9/h4-8H,17H2,1-3H3. The Kier molecular flexibility index (Phi) is 4.06. The molecule has 20 heavy (non-hydrogen) atoms. The molecule has 3 nitrogen and oxygen atoms in total. The van der Waals surface area contributed by atoms with E-state index in [4.69, 9.17) is 22.1 Å². The maximum Gasteiger partial charge on any atom is 0.350 e. The van der Waals surface area contributed by atoms with Gasteiger partial charge in [-0.3, -0.25) is 0 Å². The highest BCUT2D eigenvalue weighted by molar-refractivity contribution is 7.18. The number of carbonyl (C=O) groups excluding carboxylic acids is 1. The fourth-order valence-electron chi connectivity index (χ4n) is 1.67. The number of benzene rings is 1. The molecule has 0 bridgehead atoms. The number of esters is 1. The number of rotatable bonds is 2. The molecule has 0 spiro atoms. The van der Waals surface area contributed by atoms with Gasteiger partial charge in [-0.15, -0.1) is 11.3 Å². The third kappa shape index (κ3) is 3.52. The summed E-state index contributed by atoms with van der Waals surface area (Å²) >= 11 is 7.28. The molecule has 0 amide bonds. The van der Waals surface area contributed by atoms with Crippen molar-refractivity contribution in [1.29, 1.82) is 0 Å². The zero-order valence-electron chi connectivity index (χ0n) is 11.6. The maximum atomic E-state index is 12.1. The molecule has 5 heteroatoms. The van der Waals surface area contributed by atoms with Crippen LogP contribution in [-0.2, 0) is 4.74 Å². The van der Waals surface area contributed by atoms with E-state index in [0.29, 0.717) is 15.6 Å². The number of carbonyl (C=O) groups is 1. The summed E-state index contributed by atoms with van der Waals surface area (Å²) in [5.41, 5.74) is 6.74. The number of halogens is 1. The highest BCUT2D eigenvalue weighted by Crippen LogP contribution is 2.35. The van der Waals surface area contributed by atoms with Crippen molar-refractivity contribution < 1.29 is 9.53 Å². The van der Waals surface area contributed by atoms with E-state index < -0.39 is 11.6 Å². The van der Waals surface area contributed by atoms with Crippen LogP contribution in [-0.4, -0.2) is 11.6 Å². The van der Waals surface area contributed by atoms with Crippen LogP contribution in [0.4, 0.5) is 5.69 Å². The molecule has 0 aliphatic heterocycles. The normalized spacial score (nSPS) is 11.4. The van der Waals surface area contributed by atoms with Crippen molar-refractivity contribution in [3.8, 4) is 10.4 Å². The fourth-order valence-corrected chi connectivity index (χ4v) is 2.82. The number of anilines is 1. The maximum absolute atomic E-state index is 12.1. The Balaban J connectivity index is 2.33. The van der Waals surface area contributed by atoms with E-state index in [2.05, 4.69) is 0 Å². The molecule has 0 saturated heterocycles. The molecule has 0 fully saturated rings. The van der Waals surface area contributed by atoms with Crippen LogP contribution in [0, 0.1) is 0 Å². The Morgan fingerprint density at radius 2 is 2.00 bits per heavy atom. The quantitative estimate of drug-likeness (QED) is 0.824. The molecule has 1 heterocycles. The number of hydrogen-bond donors (Lipinski definition) is 1. The Morgan fingerprint density at radius 1 is 1.30 bits per heavy atom. The molecule has 2 aromatic rings. The van der Waals surface area contributed by atoms with Crippen LogP contribution >= 0.6 is 22.9 Å². The average molecular weight is 310 g/mol. The summed E-state index contributed by atoms with van der Waals surface area (Å²) in [6.07, 6.45) is 0. The van der Waals surface area contributed by atoms with Gasteiger partial charge in [-0.05, 0) is 44.5 Å². The van der Waals surface area contributed by atoms with E-state index in [-0.39, 0.29) is 0 Å². The predicted octanol–water partition coefficient (Wildman–Crippen LogP) is 4.61. The molecule has 0 unspecified atom stereocenters. The van der Waals surface area contributed by atoms with E-state index in [1.54, 1.807) is 12.1 Å². The first kappa shape index (κ1) is 14.9. The minimum Gasteiger partial charge on any atom is -0.456 e. The van der Waals surface area contributed by atoms with Crippen LogP contribution in [0.15, 0.2) is 30.3 Å². The molecule has 0 aliphatic rings. The van der Waals surface area contributed by atoms with Gasteiger partial charge >= 0.3 is 5.97 Å². The first-order valence-electron chi connectivity index (χ1n) is 6.15. The van der Waals surface area contributed by atoms with Gasteiger partial charge in [-0.1, -0.05) is 23.7 Å². The predicted molar refractivity (Wildman–Crippen MR) is 84.3 cm³/mol. The lowest BCUT2D eigenvalue weighted by Gasteiger charge is -2.18. The molecular formula is C15H16ClNO2S. The first-order valence-corrected chi connectivity index (χ1v) is 7.34. The van der Waals surface area contributed by atoms with Crippen LogP contribution < -0.4 is 5.73 Å². The van der Waals surface area contributed by atoms with Gasteiger partial charge in [0.1, 0.15) is 10.5 Å². The van der Waals surface area contributed by atoms with Crippen molar-refractivity contribution in [1.82, 2.24) is 0 Å². The lowest BCUT2D eigenvalue weighted by molar-refractivity contribution is 0.00764. The second-order valence-electron chi connectivity index (χ2n) is 5.41. The molecule has 2 N–H and O–H groups in total. The molecule has 0 aliphatic carbocycles. The third-order valence-corrected chi connectivity index (χ3v) is 3.87. The minimum atomic E-state index is -0.538. The van der Waals surface area contributed by atoms with E-state index in [1.807, 2.05) is 39.0 Å². The van der Waals surface area contributed by atoms with Gasteiger partial charge in [0.25, 0.3) is 0 Å². The number of hydrogen-bond acceptors (Lipinski definition) is 4. The van der Waals surface area contributed by atoms with Gasteiger partial charge in [0.2, 0.25) is 0 Å². The van der Waals surface area contributed by atoms with Crippen molar-refractivity contribution in [2.75, 3.05) is 5.73 Å². The monoisotopic (exact) mass is 309 g/mol. The van der Waals surface area contributed by atoms with Crippen molar-refractivity contribution in [3.05, 3.63) is 40.2 Å². The van der Waals surface area contributed by atoms with Crippen molar-refractivity contribution in [2.45, 2.75) is 26.4 Å². The summed E-state index contributed by atoms with van der Waals surface area (Å²) in [6, 6.07) is 9.20. The average Bonchev–Trinajstić information content (AvgIpc) is 2.69. The second-order valence-corrected chi connectivity index (χ2v) is 6.90. The molecular weight excluding hydrogens is 294 g/mol. The van der Waals surface area contributed by atoms with Gasteiger partial charge in [-0.25, -0.2) is 4.79 Å². The summed E-state index contributed by atoms with van der Waals surface area (Å²) < 4.78 is 5.34. The van der Waals surface area contributed by atoms with E-state index in [1.165, 1.54) is 11.3 Å². The fraction of sp³-hybridized carbons (Fsp3) is 0.267. The highest BCUT2D eigenvalue weighted by Gasteiger charge is 2.22. The minimum absolute atomic E-state index is 0.395. The Labute approximate surface area is 127 Å². The Morgan fingerprint density at radius 3 is 2.60 bits per heavy atom. The number of thiophene rings is 1. The Bertz CT molecular complexity index is 644. The van der Waals surface area contributed by atoms with Crippen LogP contribution in [0.25, 0.3) is 10.4 Å². The second kappa shape index (κ2) is 5.46. The van der Waals surface area contributed by atoms with Crippen LogP contribution in [0.5, 0.6) is 0 Å². The smallest absolute Gasteiger partial charge is 0.350 e. The van der Waals surface area contributed by atoms with Crippen LogP contribution in [0.2, 0.25) is 5.02 Å². The number of nitrogens with two attached hydrogens (primary N) is 1. The van der Waals surface area contributed by atoms with Gasteiger partial charge in [0, 0.05) is 9.90 Å². The molecule has 0 saturated carbocycles. The van der Waals surface area contributed by atoms with E-state index in [9.17, 15) is 4.79 Å². The molecule has 1 aromatic carbocycles. The number of nitrogen functional groups attached to an aromatic ring is 1. The molecule has 106 valence electrons. The molecule has 1 aromatic heterocycles. The van der Waals surface area contributed by atoms with Gasteiger partial charge in [-0.2, -0.15) is 0 Å². The Hall–Kier alpha value is -1.52. The summed E-state index contributed by atoms with van der Waals surface area (Å²) in [6.45, 7) is 5.48. The van der Waals surface area contributed by atoms with Crippen molar-refractivity contribution in [3.63, 3.8) is 0 Å². The van der Waals surface area contributed by atoms with Crippen LogP contribution in [0.3, 0.4) is 0 Å². The first-order chi connectivity index (χ1) is 9.26. The van der Waals surface area contributed by atoms with Gasteiger partial charge < -0.3 is 10.5 Å². The third-order valence-electron chi connectivity index (χ3n) is 2.45. The molecule has 2 rings (SSSR count). The summed E-state index contributed by atoms with van der Waals surface area (Å²) in [5.74, 6) is -0.395. The zero-order valence-corrected chi connectivity index (χ0v) is 13.1. The number of ether oxygens (including phenoxy) is 1. The largest absolute Gasteiger partial charge is 0.456 e. The zero-order chi connectivity index (χ0) is 14.9. The van der Waals surface area contributed by atoms with E-state index >= 15 is 0 Å². The van der Waals surface area contributed by atoms with Gasteiger partial charge in [0.05, 0.1) is 5.69 Å². The van der Waals surface area contributed by atoms with Crippen molar-refractivity contribution >= 4 is 34.6 Å². The SMILES string of the molecule is CC(C)(C)OC(=O)c1sc(-c2cccc(Cl)c2)cc1N. The molecule has 0 radical (unpaired) electrons. The lowest BCUT2D eigenvalue weighted by Crippen LogP contribution is -2.23. The topological polar surface area (TPSA) is 52.3 Å². The van der Waals surface area contributed by atoms with E-state index in [0.717, 1.165) is 10.4 Å². The summed E-state index contributed by atoms with van der Waals surface area (Å²) in [7, 11) is 0. The van der Waals surface area contributed by atoms with Crippen LogP contribution in [0.1, 0.15) is 30.4 Å².